The summed E-state index contributed by atoms with van der Waals surface area (Å²) in [5.74, 6) is -0.472. The van der Waals surface area contributed by atoms with E-state index < -0.39 is 23.3 Å². The van der Waals surface area contributed by atoms with Gasteiger partial charge in [0.15, 0.2) is 11.1 Å². The molecule has 0 saturated heterocycles. The number of hydrogen-bond acceptors (Lipinski definition) is 5. The SMILES string of the molecule is O=C(NCc1ccc(S(=O)O)cc1Cl)c1ccc(Oc2ccc(OC(F)(F)F)cc2)nc1. The van der Waals surface area contributed by atoms with Gasteiger partial charge in [0.2, 0.25) is 5.88 Å². The van der Waals surface area contributed by atoms with Gasteiger partial charge in [-0.1, -0.05) is 17.7 Å². The quantitative estimate of drug-likeness (QED) is 0.459. The van der Waals surface area contributed by atoms with Crippen molar-refractivity contribution in [1.82, 2.24) is 10.3 Å². The number of carbonyl (C=O) groups is 1. The highest BCUT2D eigenvalue weighted by Gasteiger charge is 2.31. The lowest BCUT2D eigenvalue weighted by molar-refractivity contribution is -0.274. The van der Waals surface area contributed by atoms with Crippen molar-refractivity contribution in [3.05, 3.63) is 76.9 Å². The Labute approximate surface area is 187 Å². The van der Waals surface area contributed by atoms with E-state index in [2.05, 4.69) is 15.0 Å². The van der Waals surface area contributed by atoms with Crippen molar-refractivity contribution in [2.75, 3.05) is 0 Å². The molecule has 0 saturated carbocycles. The molecule has 0 spiro atoms. The molecule has 7 nitrogen and oxygen atoms in total. The molecular formula is C20H14ClF3N2O5S. The summed E-state index contributed by atoms with van der Waals surface area (Å²) >= 11 is 3.90. The Morgan fingerprint density at radius 2 is 1.78 bits per heavy atom. The number of nitrogens with one attached hydrogen (secondary N) is 1. The molecule has 1 aromatic heterocycles. The maximum atomic E-state index is 12.3. The van der Waals surface area contributed by atoms with Crippen LogP contribution in [0.1, 0.15) is 15.9 Å². The third-order valence-electron chi connectivity index (χ3n) is 3.94. The van der Waals surface area contributed by atoms with Crippen molar-refractivity contribution >= 4 is 28.6 Å². The van der Waals surface area contributed by atoms with Gasteiger partial charge < -0.3 is 19.3 Å². The van der Waals surface area contributed by atoms with E-state index in [0.29, 0.717) is 5.56 Å². The minimum Gasteiger partial charge on any atom is -0.439 e. The van der Waals surface area contributed by atoms with Crippen LogP contribution < -0.4 is 14.8 Å². The highest BCUT2D eigenvalue weighted by atomic mass is 35.5. The van der Waals surface area contributed by atoms with Gasteiger partial charge in [0.25, 0.3) is 5.91 Å². The zero-order chi connectivity index (χ0) is 23.3. The van der Waals surface area contributed by atoms with Crippen LogP contribution in [0.4, 0.5) is 13.2 Å². The molecule has 0 aliphatic rings. The summed E-state index contributed by atoms with van der Waals surface area (Å²) in [6, 6.07) is 11.9. The Balaban J connectivity index is 1.57. The fourth-order valence-corrected chi connectivity index (χ4v) is 3.18. The number of alkyl halides is 3. The average Bonchev–Trinajstić information content (AvgIpc) is 2.73. The van der Waals surface area contributed by atoms with Crippen LogP contribution in [0.5, 0.6) is 17.4 Å². The Bertz CT molecular complexity index is 1130. The van der Waals surface area contributed by atoms with Gasteiger partial charge in [0.05, 0.1) is 10.5 Å². The molecule has 1 unspecified atom stereocenters. The Kier molecular flexibility index (Phi) is 7.33. The van der Waals surface area contributed by atoms with E-state index in [9.17, 15) is 22.2 Å². The van der Waals surface area contributed by atoms with Gasteiger partial charge in [-0.25, -0.2) is 9.19 Å². The number of halogens is 4. The summed E-state index contributed by atoms with van der Waals surface area (Å²) in [6.45, 7) is 0.0839. The van der Waals surface area contributed by atoms with Crippen molar-refractivity contribution in [2.24, 2.45) is 0 Å². The van der Waals surface area contributed by atoms with E-state index in [-0.39, 0.29) is 39.4 Å². The second-order valence-corrected chi connectivity index (χ2v) is 7.57. The standard InChI is InChI=1S/C20H14ClF3N2O5S/c21-17-9-16(32(28)29)7-1-12(17)10-26-19(27)13-2-8-18(25-11-13)30-14-3-5-15(6-4-14)31-20(22,23)24/h1-9,11H,10H2,(H,26,27)(H,28,29). The first-order valence-electron chi connectivity index (χ1n) is 8.78. The summed E-state index contributed by atoms with van der Waals surface area (Å²) in [6.07, 6.45) is -3.51. The van der Waals surface area contributed by atoms with Crippen LogP contribution in [-0.4, -0.2) is 26.0 Å². The predicted molar refractivity (Wildman–Crippen MR) is 109 cm³/mol. The van der Waals surface area contributed by atoms with Crippen LogP contribution >= 0.6 is 11.6 Å². The highest BCUT2D eigenvalue weighted by molar-refractivity contribution is 7.79. The lowest BCUT2D eigenvalue weighted by Crippen LogP contribution is -2.23. The Hall–Kier alpha value is -3.15. The van der Waals surface area contributed by atoms with E-state index in [1.165, 1.54) is 48.7 Å². The number of nitrogens with zero attached hydrogens (tertiary/aromatic N) is 1. The molecule has 0 fully saturated rings. The minimum atomic E-state index is -4.78. The van der Waals surface area contributed by atoms with Gasteiger partial charge in [0, 0.05) is 23.8 Å². The second kappa shape index (κ2) is 9.98. The molecule has 1 heterocycles. The summed E-state index contributed by atoms with van der Waals surface area (Å²) in [5.41, 5.74) is 0.788. The van der Waals surface area contributed by atoms with Gasteiger partial charge >= 0.3 is 6.36 Å². The molecule has 12 heteroatoms. The number of benzene rings is 2. The fourth-order valence-electron chi connectivity index (χ4n) is 2.46. The van der Waals surface area contributed by atoms with Gasteiger partial charge in [-0.05, 0) is 48.0 Å². The number of hydrogen-bond donors (Lipinski definition) is 2. The molecule has 3 rings (SSSR count). The third kappa shape index (κ3) is 6.67. The van der Waals surface area contributed by atoms with Crippen LogP contribution in [0, 0.1) is 0 Å². The van der Waals surface area contributed by atoms with E-state index in [1.54, 1.807) is 0 Å². The molecule has 2 N–H and O–H groups in total. The van der Waals surface area contributed by atoms with E-state index in [0.717, 1.165) is 12.1 Å². The van der Waals surface area contributed by atoms with E-state index >= 15 is 0 Å². The smallest absolute Gasteiger partial charge is 0.439 e. The number of aromatic nitrogens is 1. The van der Waals surface area contributed by atoms with Crippen LogP contribution in [0.15, 0.2) is 65.7 Å². The molecule has 2 aromatic carbocycles. The average molecular weight is 487 g/mol. The summed E-state index contributed by atoms with van der Waals surface area (Å²) < 4.78 is 65.9. The molecule has 1 atom stereocenters. The minimum absolute atomic E-state index is 0.0839. The molecule has 0 aliphatic carbocycles. The van der Waals surface area contributed by atoms with E-state index in [1.807, 2.05) is 0 Å². The van der Waals surface area contributed by atoms with Crippen molar-refractivity contribution in [2.45, 2.75) is 17.8 Å². The largest absolute Gasteiger partial charge is 0.573 e. The summed E-state index contributed by atoms with van der Waals surface area (Å²) in [5, 5.41) is 2.89. The molecule has 0 aliphatic heterocycles. The lowest BCUT2D eigenvalue weighted by atomic mass is 10.2. The summed E-state index contributed by atoms with van der Waals surface area (Å²) in [4.78, 5) is 16.4. The first-order chi connectivity index (χ1) is 15.1. The van der Waals surface area contributed by atoms with Crippen molar-refractivity contribution in [3.8, 4) is 17.4 Å². The topological polar surface area (TPSA) is 97.8 Å². The second-order valence-electron chi connectivity index (χ2n) is 6.19. The van der Waals surface area contributed by atoms with Crippen LogP contribution in [-0.2, 0) is 17.6 Å². The molecule has 0 bridgehead atoms. The number of amides is 1. The van der Waals surface area contributed by atoms with Gasteiger partial charge in [-0.15, -0.1) is 13.2 Å². The van der Waals surface area contributed by atoms with Crippen molar-refractivity contribution in [3.63, 3.8) is 0 Å². The molecule has 3 aromatic rings. The summed E-state index contributed by atoms with van der Waals surface area (Å²) in [7, 11) is 0. The van der Waals surface area contributed by atoms with Crippen LogP contribution in [0.3, 0.4) is 0 Å². The van der Waals surface area contributed by atoms with Crippen LogP contribution in [0.25, 0.3) is 0 Å². The van der Waals surface area contributed by atoms with Gasteiger partial charge in [-0.2, -0.15) is 0 Å². The zero-order valence-electron chi connectivity index (χ0n) is 15.9. The number of carbonyl (C=O) groups excluding carboxylic acids is 1. The Morgan fingerprint density at radius 3 is 2.34 bits per heavy atom. The highest BCUT2D eigenvalue weighted by Crippen LogP contribution is 2.26. The molecule has 1 amide bonds. The fraction of sp³-hybridized carbons (Fsp3) is 0.100. The zero-order valence-corrected chi connectivity index (χ0v) is 17.5. The third-order valence-corrected chi connectivity index (χ3v) is 4.95. The first kappa shape index (κ1) is 23.5. The number of pyridine rings is 1. The van der Waals surface area contributed by atoms with E-state index in [4.69, 9.17) is 20.9 Å². The van der Waals surface area contributed by atoms with Crippen molar-refractivity contribution < 1.29 is 36.2 Å². The molecular weight excluding hydrogens is 473 g/mol. The van der Waals surface area contributed by atoms with Crippen molar-refractivity contribution in [1.29, 1.82) is 0 Å². The predicted octanol–water partition coefficient (Wildman–Crippen LogP) is 4.94. The lowest BCUT2D eigenvalue weighted by Gasteiger charge is -2.10. The molecule has 0 radical (unpaired) electrons. The molecule has 32 heavy (non-hydrogen) atoms. The first-order valence-corrected chi connectivity index (χ1v) is 10.3. The number of rotatable bonds is 7. The van der Waals surface area contributed by atoms with Gasteiger partial charge in [-0.3, -0.25) is 4.79 Å². The molecule has 168 valence electrons. The van der Waals surface area contributed by atoms with Crippen LogP contribution in [0.2, 0.25) is 5.02 Å². The number of ether oxygens (including phenoxy) is 2. The maximum Gasteiger partial charge on any atom is 0.573 e. The maximum absolute atomic E-state index is 12.3. The normalized spacial score (nSPS) is 12.2. The Morgan fingerprint density at radius 1 is 1.09 bits per heavy atom. The van der Waals surface area contributed by atoms with Gasteiger partial charge in [0.1, 0.15) is 11.5 Å². The monoisotopic (exact) mass is 486 g/mol.